The van der Waals surface area contributed by atoms with Gasteiger partial charge >= 0.3 is 0 Å². The molecule has 0 aliphatic rings. The third-order valence-corrected chi connectivity index (χ3v) is 3.97. The van der Waals surface area contributed by atoms with Crippen LogP contribution in [0, 0.1) is 13.8 Å². The third kappa shape index (κ3) is 3.27. The monoisotopic (exact) mass is 287 g/mol. The quantitative estimate of drug-likeness (QED) is 0.887. The Morgan fingerprint density at radius 2 is 2.05 bits per heavy atom. The van der Waals surface area contributed by atoms with Crippen LogP contribution in [0.5, 0.6) is 5.75 Å². The van der Waals surface area contributed by atoms with E-state index >= 15 is 0 Å². The van der Waals surface area contributed by atoms with Gasteiger partial charge in [0.25, 0.3) is 0 Å². The van der Waals surface area contributed by atoms with Gasteiger partial charge in [-0.25, -0.2) is 0 Å². The molecule has 0 aliphatic heterocycles. The van der Waals surface area contributed by atoms with Crippen molar-refractivity contribution in [3.05, 3.63) is 46.8 Å². The number of nitrogens with zero attached hydrogens (tertiary/aromatic N) is 2. The van der Waals surface area contributed by atoms with Gasteiger partial charge in [0, 0.05) is 18.3 Å². The Balaban J connectivity index is 2.43. The minimum absolute atomic E-state index is 0.171. The number of ether oxygens (including phenoxy) is 1. The van der Waals surface area contributed by atoms with E-state index in [-0.39, 0.29) is 6.04 Å². The van der Waals surface area contributed by atoms with Gasteiger partial charge in [-0.1, -0.05) is 13.0 Å². The first kappa shape index (κ1) is 15.6. The van der Waals surface area contributed by atoms with Crippen LogP contribution in [0.1, 0.15) is 41.8 Å². The van der Waals surface area contributed by atoms with Crippen molar-refractivity contribution < 1.29 is 4.74 Å². The summed E-state index contributed by atoms with van der Waals surface area (Å²) >= 11 is 0. The molecule has 4 heteroatoms. The number of hydrogen-bond acceptors (Lipinski definition) is 3. The lowest BCUT2D eigenvalue weighted by Gasteiger charge is -2.21. The Morgan fingerprint density at radius 3 is 2.57 bits per heavy atom. The smallest absolute Gasteiger partial charge is 0.119 e. The third-order valence-electron chi connectivity index (χ3n) is 3.97. The van der Waals surface area contributed by atoms with E-state index in [2.05, 4.69) is 43.3 Å². The van der Waals surface area contributed by atoms with E-state index in [0.29, 0.717) is 0 Å². The predicted octanol–water partition coefficient (Wildman–Crippen LogP) is 3.13. The van der Waals surface area contributed by atoms with Crippen LogP contribution in [0.3, 0.4) is 0 Å². The molecular weight excluding hydrogens is 262 g/mol. The maximum Gasteiger partial charge on any atom is 0.119 e. The van der Waals surface area contributed by atoms with E-state index < -0.39 is 0 Å². The zero-order chi connectivity index (χ0) is 15.4. The van der Waals surface area contributed by atoms with Gasteiger partial charge in [0.2, 0.25) is 0 Å². The first-order valence-electron chi connectivity index (χ1n) is 7.44. The second kappa shape index (κ2) is 6.76. The molecule has 1 N–H and O–H groups in total. The van der Waals surface area contributed by atoms with E-state index in [1.807, 2.05) is 24.0 Å². The summed E-state index contributed by atoms with van der Waals surface area (Å²) in [6, 6.07) is 6.43. The number of nitrogens with one attached hydrogen (secondary N) is 1. The molecule has 0 bridgehead atoms. The Hall–Kier alpha value is -1.81. The number of aryl methyl sites for hydroxylation is 2. The van der Waals surface area contributed by atoms with Gasteiger partial charge in [-0.2, -0.15) is 5.10 Å². The highest BCUT2D eigenvalue weighted by Gasteiger charge is 2.20. The molecule has 0 fully saturated rings. The largest absolute Gasteiger partial charge is 0.497 e. The van der Waals surface area contributed by atoms with Crippen molar-refractivity contribution >= 4 is 0 Å². The van der Waals surface area contributed by atoms with E-state index in [4.69, 9.17) is 4.74 Å². The van der Waals surface area contributed by atoms with Crippen LogP contribution in [0.2, 0.25) is 0 Å². The summed E-state index contributed by atoms with van der Waals surface area (Å²) in [5.41, 5.74) is 4.93. The fourth-order valence-corrected chi connectivity index (χ4v) is 2.57. The maximum atomic E-state index is 5.31. The zero-order valence-corrected chi connectivity index (χ0v) is 13.6. The molecule has 1 atom stereocenters. The van der Waals surface area contributed by atoms with Crippen LogP contribution in [0.25, 0.3) is 0 Å². The standard InChI is InChI=1S/C17H25N3O/c1-6-9-18-17(16-11-19-20(4)13(16)3)15-8-7-14(21-5)10-12(15)2/h7-8,10-11,17-18H,6,9H2,1-5H3. The highest BCUT2D eigenvalue weighted by Crippen LogP contribution is 2.29. The summed E-state index contributed by atoms with van der Waals surface area (Å²) in [6.45, 7) is 7.40. The lowest BCUT2D eigenvalue weighted by atomic mass is 9.95. The maximum absolute atomic E-state index is 5.31. The molecule has 0 radical (unpaired) electrons. The summed E-state index contributed by atoms with van der Waals surface area (Å²) < 4.78 is 7.23. The van der Waals surface area contributed by atoms with Crippen molar-refractivity contribution in [2.24, 2.45) is 7.05 Å². The van der Waals surface area contributed by atoms with Crippen LogP contribution in [0.4, 0.5) is 0 Å². The molecule has 21 heavy (non-hydrogen) atoms. The molecule has 4 nitrogen and oxygen atoms in total. The first-order chi connectivity index (χ1) is 10.1. The summed E-state index contributed by atoms with van der Waals surface area (Å²) in [5, 5.41) is 8.03. The fourth-order valence-electron chi connectivity index (χ4n) is 2.57. The minimum atomic E-state index is 0.171. The molecule has 0 aliphatic carbocycles. The molecule has 1 aromatic heterocycles. The molecule has 2 rings (SSSR count). The highest BCUT2D eigenvalue weighted by molar-refractivity contribution is 5.41. The SMILES string of the molecule is CCCNC(c1ccc(OC)cc1C)c1cnn(C)c1C. The van der Waals surface area contributed by atoms with Gasteiger partial charge < -0.3 is 10.1 Å². The van der Waals surface area contributed by atoms with Gasteiger partial charge in [0.15, 0.2) is 0 Å². The number of rotatable bonds is 6. The first-order valence-corrected chi connectivity index (χ1v) is 7.44. The lowest BCUT2D eigenvalue weighted by Crippen LogP contribution is -2.24. The van der Waals surface area contributed by atoms with E-state index in [1.54, 1.807) is 7.11 Å². The second-order valence-corrected chi connectivity index (χ2v) is 5.42. The van der Waals surface area contributed by atoms with E-state index in [1.165, 1.54) is 22.4 Å². The van der Waals surface area contributed by atoms with Crippen LogP contribution in [-0.4, -0.2) is 23.4 Å². The summed E-state index contributed by atoms with van der Waals surface area (Å²) in [6.07, 6.45) is 3.07. The van der Waals surface area contributed by atoms with Crippen LogP contribution < -0.4 is 10.1 Å². The summed E-state index contributed by atoms with van der Waals surface area (Å²) in [7, 11) is 3.68. The average Bonchev–Trinajstić information content (AvgIpc) is 2.81. The zero-order valence-electron chi connectivity index (χ0n) is 13.6. The van der Waals surface area contributed by atoms with Crippen molar-refractivity contribution in [3.8, 4) is 5.75 Å². The van der Waals surface area contributed by atoms with Crippen LogP contribution in [-0.2, 0) is 7.05 Å². The van der Waals surface area contributed by atoms with Gasteiger partial charge in [0.1, 0.15) is 5.75 Å². The van der Waals surface area contributed by atoms with E-state index in [9.17, 15) is 0 Å². The van der Waals surface area contributed by atoms with Gasteiger partial charge in [-0.05, 0) is 50.1 Å². The van der Waals surface area contributed by atoms with Gasteiger partial charge in [-0.15, -0.1) is 0 Å². The molecule has 0 saturated carbocycles. The number of aromatic nitrogens is 2. The van der Waals surface area contributed by atoms with Gasteiger partial charge in [0.05, 0.1) is 19.3 Å². The van der Waals surface area contributed by atoms with Crippen molar-refractivity contribution in [2.45, 2.75) is 33.2 Å². The van der Waals surface area contributed by atoms with E-state index in [0.717, 1.165) is 18.7 Å². The Bertz CT molecular complexity index is 604. The molecular formula is C17H25N3O. The van der Waals surface area contributed by atoms with Gasteiger partial charge in [-0.3, -0.25) is 4.68 Å². The molecule has 2 aromatic rings. The Labute approximate surface area is 127 Å². The lowest BCUT2D eigenvalue weighted by molar-refractivity contribution is 0.414. The molecule has 0 saturated heterocycles. The van der Waals surface area contributed by atoms with Crippen molar-refractivity contribution in [1.29, 1.82) is 0 Å². The molecule has 1 heterocycles. The molecule has 1 unspecified atom stereocenters. The van der Waals surface area contributed by atoms with Crippen LogP contribution in [0.15, 0.2) is 24.4 Å². The fraction of sp³-hybridized carbons (Fsp3) is 0.471. The number of methoxy groups -OCH3 is 1. The highest BCUT2D eigenvalue weighted by atomic mass is 16.5. The molecule has 0 amide bonds. The summed E-state index contributed by atoms with van der Waals surface area (Å²) in [5.74, 6) is 0.897. The van der Waals surface area contributed by atoms with Crippen molar-refractivity contribution in [3.63, 3.8) is 0 Å². The predicted molar refractivity (Wildman–Crippen MR) is 85.8 cm³/mol. The minimum Gasteiger partial charge on any atom is -0.497 e. The van der Waals surface area contributed by atoms with Crippen molar-refractivity contribution in [1.82, 2.24) is 15.1 Å². The van der Waals surface area contributed by atoms with Crippen molar-refractivity contribution in [2.75, 3.05) is 13.7 Å². The molecule has 114 valence electrons. The second-order valence-electron chi connectivity index (χ2n) is 5.42. The Morgan fingerprint density at radius 1 is 1.29 bits per heavy atom. The Kier molecular flexibility index (Phi) is 5.02. The normalized spacial score (nSPS) is 12.4. The summed E-state index contributed by atoms with van der Waals surface area (Å²) in [4.78, 5) is 0. The average molecular weight is 287 g/mol. The topological polar surface area (TPSA) is 39.1 Å². The molecule has 0 spiro atoms. The number of hydrogen-bond donors (Lipinski definition) is 1. The molecule has 1 aromatic carbocycles. The van der Waals surface area contributed by atoms with Crippen LogP contribution >= 0.6 is 0 Å². The number of benzene rings is 1.